The minimum atomic E-state index is -0.686. The van der Waals surface area contributed by atoms with Gasteiger partial charge in [0.25, 0.3) is 0 Å². The van der Waals surface area contributed by atoms with Crippen LogP contribution in [0, 0.1) is 0 Å². The van der Waals surface area contributed by atoms with Crippen molar-refractivity contribution in [2.75, 3.05) is 0 Å². The van der Waals surface area contributed by atoms with Crippen LogP contribution in [0.4, 0.5) is 0 Å². The SMILES string of the molecule is CC(O)CCCCC(N)O. The van der Waals surface area contributed by atoms with Crippen LogP contribution in [0.25, 0.3) is 0 Å². The molecular weight excluding hydrogens is 130 g/mol. The zero-order chi connectivity index (χ0) is 7.98. The first kappa shape index (κ1) is 9.88. The molecule has 0 aliphatic rings. The molecule has 0 aliphatic heterocycles. The van der Waals surface area contributed by atoms with Crippen molar-refractivity contribution in [3.63, 3.8) is 0 Å². The largest absolute Gasteiger partial charge is 0.393 e. The zero-order valence-electron chi connectivity index (χ0n) is 6.45. The number of hydrogen-bond donors (Lipinski definition) is 3. The summed E-state index contributed by atoms with van der Waals surface area (Å²) in [5, 5.41) is 17.5. The molecule has 0 fully saturated rings. The van der Waals surface area contributed by atoms with E-state index in [-0.39, 0.29) is 6.10 Å². The van der Waals surface area contributed by atoms with E-state index in [2.05, 4.69) is 0 Å². The van der Waals surface area contributed by atoms with E-state index in [1.54, 1.807) is 6.92 Å². The average molecular weight is 147 g/mol. The second-order valence-electron chi connectivity index (χ2n) is 2.70. The van der Waals surface area contributed by atoms with E-state index in [1.807, 2.05) is 0 Å². The van der Waals surface area contributed by atoms with Crippen LogP contribution in [0.1, 0.15) is 32.6 Å². The Morgan fingerprint density at radius 1 is 1.20 bits per heavy atom. The van der Waals surface area contributed by atoms with E-state index in [0.717, 1.165) is 19.3 Å². The first-order chi connectivity index (χ1) is 4.63. The van der Waals surface area contributed by atoms with Gasteiger partial charge in [0, 0.05) is 0 Å². The molecule has 0 spiro atoms. The van der Waals surface area contributed by atoms with E-state index < -0.39 is 6.23 Å². The molecule has 0 aromatic rings. The number of nitrogens with two attached hydrogens (primary N) is 1. The average Bonchev–Trinajstić information content (AvgIpc) is 1.79. The van der Waals surface area contributed by atoms with Gasteiger partial charge in [-0.15, -0.1) is 0 Å². The molecule has 0 saturated carbocycles. The van der Waals surface area contributed by atoms with Crippen molar-refractivity contribution in [3.05, 3.63) is 0 Å². The minimum absolute atomic E-state index is 0.227. The normalized spacial score (nSPS) is 16.8. The quantitative estimate of drug-likeness (QED) is 0.384. The van der Waals surface area contributed by atoms with Gasteiger partial charge in [-0.3, -0.25) is 0 Å². The molecule has 0 saturated heterocycles. The van der Waals surface area contributed by atoms with Crippen molar-refractivity contribution in [2.45, 2.75) is 44.9 Å². The molecule has 2 unspecified atom stereocenters. The fourth-order valence-electron chi connectivity index (χ4n) is 0.793. The summed E-state index contributed by atoms with van der Waals surface area (Å²) in [6.45, 7) is 1.76. The maximum absolute atomic E-state index is 8.82. The molecule has 0 heterocycles. The predicted molar refractivity (Wildman–Crippen MR) is 40.3 cm³/mol. The van der Waals surface area contributed by atoms with Crippen molar-refractivity contribution < 1.29 is 10.2 Å². The monoisotopic (exact) mass is 147 g/mol. The lowest BCUT2D eigenvalue weighted by atomic mass is 10.1. The second-order valence-corrected chi connectivity index (χ2v) is 2.70. The summed E-state index contributed by atoms with van der Waals surface area (Å²) in [6.07, 6.45) is 2.34. The third-order valence-electron chi connectivity index (χ3n) is 1.37. The van der Waals surface area contributed by atoms with Crippen LogP contribution in [0.3, 0.4) is 0 Å². The number of aliphatic hydroxyl groups is 2. The van der Waals surface area contributed by atoms with Gasteiger partial charge in [0.1, 0.15) is 6.23 Å². The highest BCUT2D eigenvalue weighted by atomic mass is 16.3. The fraction of sp³-hybridized carbons (Fsp3) is 1.00. The van der Waals surface area contributed by atoms with Gasteiger partial charge in [0.05, 0.1) is 6.10 Å². The number of aliphatic hydroxyl groups excluding tert-OH is 2. The Balaban J connectivity index is 2.91. The Morgan fingerprint density at radius 3 is 2.10 bits per heavy atom. The third-order valence-corrected chi connectivity index (χ3v) is 1.37. The molecule has 0 aromatic heterocycles. The predicted octanol–water partition coefficient (Wildman–Crippen LogP) is 0.205. The Bertz CT molecular complexity index is 64.0. The highest BCUT2D eigenvalue weighted by Gasteiger charge is 1.97. The van der Waals surface area contributed by atoms with Crippen LogP contribution < -0.4 is 5.73 Å². The van der Waals surface area contributed by atoms with Crippen LogP contribution in [-0.4, -0.2) is 22.5 Å². The van der Waals surface area contributed by atoms with E-state index >= 15 is 0 Å². The molecule has 10 heavy (non-hydrogen) atoms. The molecule has 0 bridgehead atoms. The maximum atomic E-state index is 8.82. The maximum Gasteiger partial charge on any atom is 0.102 e. The molecule has 2 atom stereocenters. The lowest BCUT2D eigenvalue weighted by Gasteiger charge is -2.04. The third kappa shape index (κ3) is 7.88. The molecule has 0 amide bonds. The van der Waals surface area contributed by atoms with Gasteiger partial charge in [-0.2, -0.15) is 0 Å². The standard InChI is InChI=1S/C7H17NO2/c1-6(9)4-2-3-5-7(8)10/h6-7,9-10H,2-5,8H2,1H3. The van der Waals surface area contributed by atoms with Crippen molar-refractivity contribution in [2.24, 2.45) is 5.73 Å². The molecule has 62 valence electrons. The Labute approximate surface area is 61.9 Å². The van der Waals surface area contributed by atoms with Crippen LogP contribution in [-0.2, 0) is 0 Å². The van der Waals surface area contributed by atoms with Gasteiger partial charge >= 0.3 is 0 Å². The van der Waals surface area contributed by atoms with E-state index in [9.17, 15) is 0 Å². The van der Waals surface area contributed by atoms with Crippen LogP contribution in [0.2, 0.25) is 0 Å². The van der Waals surface area contributed by atoms with Gasteiger partial charge in [0.15, 0.2) is 0 Å². The summed E-state index contributed by atoms with van der Waals surface area (Å²) < 4.78 is 0. The molecule has 3 heteroatoms. The molecule has 3 nitrogen and oxygen atoms in total. The summed E-state index contributed by atoms with van der Waals surface area (Å²) >= 11 is 0. The molecule has 4 N–H and O–H groups in total. The number of rotatable bonds is 5. The fourth-order valence-corrected chi connectivity index (χ4v) is 0.793. The number of hydrogen-bond acceptors (Lipinski definition) is 3. The number of unbranched alkanes of at least 4 members (excludes halogenated alkanes) is 1. The van der Waals surface area contributed by atoms with E-state index in [0.29, 0.717) is 6.42 Å². The molecular formula is C7H17NO2. The van der Waals surface area contributed by atoms with Gasteiger partial charge in [0.2, 0.25) is 0 Å². The molecule has 0 rings (SSSR count). The Morgan fingerprint density at radius 2 is 1.70 bits per heavy atom. The van der Waals surface area contributed by atoms with E-state index in [4.69, 9.17) is 15.9 Å². The van der Waals surface area contributed by atoms with Crippen molar-refractivity contribution >= 4 is 0 Å². The van der Waals surface area contributed by atoms with Crippen LogP contribution in [0.5, 0.6) is 0 Å². The van der Waals surface area contributed by atoms with Gasteiger partial charge in [-0.1, -0.05) is 6.42 Å². The first-order valence-electron chi connectivity index (χ1n) is 3.74. The topological polar surface area (TPSA) is 66.5 Å². The van der Waals surface area contributed by atoms with Crippen LogP contribution in [0.15, 0.2) is 0 Å². The van der Waals surface area contributed by atoms with Gasteiger partial charge < -0.3 is 15.9 Å². The highest BCUT2D eigenvalue weighted by molar-refractivity contribution is 4.50. The molecule has 0 aliphatic carbocycles. The first-order valence-corrected chi connectivity index (χ1v) is 3.74. The van der Waals surface area contributed by atoms with Crippen LogP contribution >= 0.6 is 0 Å². The van der Waals surface area contributed by atoms with Crippen molar-refractivity contribution in [1.29, 1.82) is 0 Å². The highest BCUT2D eigenvalue weighted by Crippen LogP contribution is 2.03. The summed E-state index contributed by atoms with van der Waals surface area (Å²) in [7, 11) is 0. The zero-order valence-corrected chi connectivity index (χ0v) is 6.45. The molecule has 0 radical (unpaired) electrons. The molecule has 0 aromatic carbocycles. The summed E-state index contributed by atoms with van der Waals surface area (Å²) in [6, 6.07) is 0. The second kappa shape index (κ2) is 5.65. The van der Waals surface area contributed by atoms with E-state index in [1.165, 1.54) is 0 Å². The van der Waals surface area contributed by atoms with Gasteiger partial charge in [-0.25, -0.2) is 0 Å². The Kier molecular flexibility index (Phi) is 5.58. The lowest BCUT2D eigenvalue weighted by molar-refractivity contribution is 0.156. The lowest BCUT2D eigenvalue weighted by Crippen LogP contribution is -2.18. The summed E-state index contributed by atoms with van der Waals surface area (Å²) in [5.74, 6) is 0. The minimum Gasteiger partial charge on any atom is -0.393 e. The summed E-state index contributed by atoms with van der Waals surface area (Å²) in [5.41, 5.74) is 5.10. The van der Waals surface area contributed by atoms with Crippen molar-refractivity contribution in [1.82, 2.24) is 0 Å². The van der Waals surface area contributed by atoms with Crippen molar-refractivity contribution in [3.8, 4) is 0 Å². The summed E-state index contributed by atoms with van der Waals surface area (Å²) in [4.78, 5) is 0. The Hall–Kier alpha value is -0.120. The smallest absolute Gasteiger partial charge is 0.102 e. The van der Waals surface area contributed by atoms with Gasteiger partial charge in [-0.05, 0) is 26.2 Å².